The number of methoxy groups -OCH3 is 1. The third-order valence-electron chi connectivity index (χ3n) is 2.10. The lowest BCUT2D eigenvalue weighted by molar-refractivity contribution is -0.124. The van der Waals surface area contributed by atoms with Crippen molar-refractivity contribution in [3.63, 3.8) is 0 Å². The maximum absolute atomic E-state index is 11.3. The van der Waals surface area contributed by atoms with Crippen molar-refractivity contribution in [2.75, 3.05) is 7.11 Å². The molecule has 0 aliphatic carbocycles. The summed E-state index contributed by atoms with van der Waals surface area (Å²) >= 11 is 0. The number of amides is 2. The van der Waals surface area contributed by atoms with E-state index in [0.717, 1.165) is 6.42 Å². The average Bonchev–Trinajstić information content (AvgIpc) is 2.23. The smallest absolute Gasteiger partial charge is 0.407 e. The SMILES string of the molecule is CC[C@H](C)[C@H](NC(=O)OC)C(=O)NN. The van der Waals surface area contributed by atoms with E-state index in [4.69, 9.17) is 5.84 Å². The predicted molar refractivity (Wildman–Crippen MR) is 51.1 cm³/mol. The number of alkyl carbamates (subject to hydrolysis) is 1. The first kappa shape index (κ1) is 12.7. The van der Waals surface area contributed by atoms with Gasteiger partial charge in [0.05, 0.1) is 7.11 Å². The first-order chi connectivity index (χ1) is 6.56. The van der Waals surface area contributed by atoms with Gasteiger partial charge in [0.15, 0.2) is 0 Å². The second-order valence-corrected chi connectivity index (χ2v) is 3.01. The topological polar surface area (TPSA) is 93.4 Å². The molecule has 0 bridgehead atoms. The van der Waals surface area contributed by atoms with Crippen molar-refractivity contribution in [2.24, 2.45) is 11.8 Å². The molecule has 82 valence electrons. The van der Waals surface area contributed by atoms with Gasteiger partial charge in [0.2, 0.25) is 0 Å². The Kier molecular flexibility index (Phi) is 5.62. The lowest BCUT2D eigenvalue weighted by atomic mass is 9.99. The first-order valence-corrected chi connectivity index (χ1v) is 4.41. The minimum absolute atomic E-state index is 0.00218. The first-order valence-electron chi connectivity index (χ1n) is 4.41. The molecule has 0 spiro atoms. The lowest BCUT2D eigenvalue weighted by Crippen LogP contribution is -2.52. The zero-order valence-corrected chi connectivity index (χ0v) is 8.66. The standard InChI is InChI=1S/C8H17N3O3/c1-4-5(2)6(7(12)11-9)10-8(13)14-3/h5-6H,4,9H2,1-3H3,(H,10,13)(H,11,12)/t5-,6-/m0/s1. The van der Waals surface area contributed by atoms with Gasteiger partial charge in [0.25, 0.3) is 5.91 Å². The molecule has 2 atom stereocenters. The Balaban J connectivity index is 4.39. The molecule has 0 unspecified atom stereocenters. The number of carbonyl (C=O) groups is 2. The van der Waals surface area contributed by atoms with Gasteiger partial charge in [0.1, 0.15) is 6.04 Å². The van der Waals surface area contributed by atoms with Crippen LogP contribution in [-0.4, -0.2) is 25.2 Å². The van der Waals surface area contributed by atoms with Crippen LogP contribution in [0.5, 0.6) is 0 Å². The Bertz CT molecular complexity index is 208. The summed E-state index contributed by atoms with van der Waals surface area (Å²) in [5.41, 5.74) is 2.00. The molecule has 0 aromatic heterocycles. The number of hydrazine groups is 1. The second kappa shape index (κ2) is 6.20. The molecule has 0 rings (SSSR count). The highest BCUT2D eigenvalue weighted by Crippen LogP contribution is 2.07. The number of hydrogen-bond donors (Lipinski definition) is 3. The Morgan fingerprint density at radius 3 is 2.43 bits per heavy atom. The molecule has 6 nitrogen and oxygen atoms in total. The van der Waals surface area contributed by atoms with Gasteiger partial charge in [-0.05, 0) is 5.92 Å². The fourth-order valence-electron chi connectivity index (χ4n) is 0.978. The van der Waals surface area contributed by atoms with Gasteiger partial charge in [-0.3, -0.25) is 10.2 Å². The van der Waals surface area contributed by atoms with Crippen LogP contribution in [0.1, 0.15) is 20.3 Å². The van der Waals surface area contributed by atoms with Gasteiger partial charge in [-0.1, -0.05) is 20.3 Å². The van der Waals surface area contributed by atoms with Crippen LogP contribution in [0.25, 0.3) is 0 Å². The average molecular weight is 203 g/mol. The monoisotopic (exact) mass is 203 g/mol. The van der Waals surface area contributed by atoms with Crippen molar-refractivity contribution in [3.05, 3.63) is 0 Å². The molecular weight excluding hydrogens is 186 g/mol. The highest BCUT2D eigenvalue weighted by Gasteiger charge is 2.25. The molecule has 0 aromatic carbocycles. The van der Waals surface area contributed by atoms with Crippen molar-refractivity contribution in [1.29, 1.82) is 0 Å². The number of hydrogen-bond acceptors (Lipinski definition) is 4. The maximum atomic E-state index is 11.3. The quantitative estimate of drug-likeness (QED) is 0.333. The minimum atomic E-state index is -0.655. The molecule has 0 aliphatic rings. The molecule has 0 fully saturated rings. The fraction of sp³-hybridized carbons (Fsp3) is 0.750. The summed E-state index contributed by atoms with van der Waals surface area (Å²) in [6.07, 6.45) is 0.112. The Labute approximate surface area is 83.1 Å². The summed E-state index contributed by atoms with van der Waals surface area (Å²) in [7, 11) is 1.24. The van der Waals surface area contributed by atoms with Gasteiger partial charge >= 0.3 is 6.09 Å². The number of nitrogens with two attached hydrogens (primary N) is 1. The maximum Gasteiger partial charge on any atom is 0.407 e. The molecule has 2 amide bonds. The van der Waals surface area contributed by atoms with Gasteiger partial charge in [-0.25, -0.2) is 10.6 Å². The molecule has 0 saturated heterocycles. The second-order valence-electron chi connectivity index (χ2n) is 3.01. The van der Waals surface area contributed by atoms with Crippen LogP contribution in [-0.2, 0) is 9.53 Å². The zero-order chi connectivity index (χ0) is 11.1. The van der Waals surface area contributed by atoms with Crippen molar-refractivity contribution in [3.8, 4) is 0 Å². The van der Waals surface area contributed by atoms with Gasteiger partial charge in [-0.2, -0.15) is 0 Å². The summed E-state index contributed by atoms with van der Waals surface area (Å²) in [6, 6.07) is -0.655. The number of carbonyl (C=O) groups excluding carboxylic acids is 2. The van der Waals surface area contributed by atoms with Crippen LogP contribution in [0.15, 0.2) is 0 Å². The molecule has 0 aliphatic heterocycles. The minimum Gasteiger partial charge on any atom is -0.453 e. The summed E-state index contributed by atoms with van der Waals surface area (Å²) in [5, 5.41) is 2.41. The van der Waals surface area contributed by atoms with E-state index >= 15 is 0 Å². The third-order valence-corrected chi connectivity index (χ3v) is 2.10. The zero-order valence-electron chi connectivity index (χ0n) is 8.66. The molecule has 4 N–H and O–H groups in total. The van der Waals surface area contributed by atoms with Crippen LogP contribution < -0.4 is 16.6 Å². The Morgan fingerprint density at radius 2 is 2.07 bits per heavy atom. The van der Waals surface area contributed by atoms with Gasteiger partial charge in [-0.15, -0.1) is 0 Å². The van der Waals surface area contributed by atoms with E-state index in [2.05, 4.69) is 10.1 Å². The summed E-state index contributed by atoms with van der Waals surface area (Å²) in [4.78, 5) is 22.2. The van der Waals surface area contributed by atoms with Crippen LogP contribution in [0.2, 0.25) is 0 Å². The van der Waals surface area contributed by atoms with E-state index in [-0.39, 0.29) is 5.92 Å². The van der Waals surface area contributed by atoms with E-state index in [9.17, 15) is 9.59 Å². The van der Waals surface area contributed by atoms with Gasteiger partial charge in [0, 0.05) is 0 Å². The summed E-state index contributed by atoms with van der Waals surface area (Å²) in [5.74, 6) is 4.56. The van der Waals surface area contributed by atoms with E-state index < -0.39 is 18.0 Å². The molecule has 6 heteroatoms. The third kappa shape index (κ3) is 3.61. The van der Waals surface area contributed by atoms with Crippen LogP contribution in [0, 0.1) is 5.92 Å². The summed E-state index contributed by atoms with van der Waals surface area (Å²) in [6.45, 7) is 3.76. The summed E-state index contributed by atoms with van der Waals surface area (Å²) < 4.78 is 4.40. The van der Waals surface area contributed by atoms with E-state index in [1.54, 1.807) is 0 Å². The van der Waals surface area contributed by atoms with Crippen molar-refractivity contribution < 1.29 is 14.3 Å². The largest absolute Gasteiger partial charge is 0.453 e. The Morgan fingerprint density at radius 1 is 1.50 bits per heavy atom. The molecule has 0 saturated carbocycles. The predicted octanol–water partition coefficient (Wildman–Crippen LogP) is -0.253. The molecule has 0 aromatic rings. The fourth-order valence-corrected chi connectivity index (χ4v) is 0.978. The van der Waals surface area contributed by atoms with Crippen LogP contribution >= 0.6 is 0 Å². The molecule has 14 heavy (non-hydrogen) atoms. The highest BCUT2D eigenvalue weighted by molar-refractivity contribution is 5.85. The van der Waals surface area contributed by atoms with Crippen LogP contribution in [0.3, 0.4) is 0 Å². The Hall–Kier alpha value is -1.30. The van der Waals surface area contributed by atoms with E-state index in [1.165, 1.54) is 7.11 Å². The molecule has 0 radical (unpaired) electrons. The number of rotatable bonds is 4. The highest BCUT2D eigenvalue weighted by atomic mass is 16.5. The normalized spacial score (nSPS) is 14.0. The number of nitrogens with one attached hydrogen (secondary N) is 2. The number of ether oxygens (including phenoxy) is 1. The van der Waals surface area contributed by atoms with Crippen LogP contribution in [0.4, 0.5) is 4.79 Å². The molecular formula is C8H17N3O3. The van der Waals surface area contributed by atoms with Crippen molar-refractivity contribution in [2.45, 2.75) is 26.3 Å². The van der Waals surface area contributed by atoms with E-state index in [1.807, 2.05) is 19.3 Å². The van der Waals surface area contributed by atoms with Crippen molar-refractivity contribution >= 4 is 12.0 Å². The molecule has 0 heterocycles. The van der Waals surface area contributed by atoms with Crippen molar-refractivity contribution in [1.82, 2.24) is 10.7 Å². The lowest BCUT2D eigenvalue weighted by Gasteiger charge is -2.21. The van der Waals surface area contributed by atoms with E-state index in [0.29, 0.717) is 0 Å². The van der Waals surface area contributed by atoms with Gasteiger partial charge < -0.3 is 10.1 Å².